The van der Waals surface area contributed by atoms with Crippen molar-refractivity contribution in [3.8, 4) is 0 Å². The largest absolute Gasteiger partial charge is 0.381 e. The summed E-state index contributed by atoms with van der Waals surface area (Å²) in [6.45, 7) is 5.31. The maximum absolute atomic E-state index is 12.5. The summed E-state index contributed by atoms with van der Waals surface area (Å²) in [5.74, 6) is 1.11. The Balaban J connectivity index is 1.82. The molecule has 1 amide bonds. The summed E-state index contributed by atoms with van der Waals surface area (Å²) in [6, 6.07) is -0.358. The molecular formula is C16H21N5O3. The van der Waals surface area contributed by atoms with Crippen LogP contribution in [0.3, 0.4) is 0 Å². The van der Waals surface area contributed by atoms with E-state index in [2.05, 4.69) is 25.4 Å². The standard InChI is InChI=1S/C16H21N5O3/c1-10(2)14-20-16(24-21-14)13(11-3-7-23-8-4-11)19-15(22)12-9-17-5-6-18-12/h5-6,9-11,13H,3-4,7-8H2,1-2H3,(H,19,22)/t13-/m0/s1. The van der Waals surface area contributed by atoms with Crippen molar-refractivity contribution in [3.05, 3.63) is 36.0 Å². The molecule has 1 aliphatic heterocycles. The van der Waals surface area contributed by atoms with Gasteiger partial charge >= 0.3 is 0 Å². The van der Waals surface area contributed by atoms with Crippen LogP contribution >= 0.6 is 0 Å². The number of carbonyl (C=O) groups excluding carboxylic acids is 1. The van der Waals surface area contributed by atoms with Gasteiger partial charge in [0.05, 0.1) is 6.20 Å². The SMILES string of the molecule is CC(C)c1noc([C@@H](NC(=O)c2cnccn2)C2CCOCC2)n1. The Bertz CT molecular complexity index is 667. The lowest BCUT2D eigenvalue weighted by Crippen LogP contribution is -2.36. The van der Waals surface area contributed by atoms with Crippen molar-refractivity contribution in [2.24, 2.45) is 5.92 Å². The maximum atomic E-state index is 12.5. The van der Waals surface area contributed by atoms with E-state index >= 15 is 0 Å². The molecule has 0 aliphatic carbocycles. The summed E-state index contributed by atoms with van der Waals surface area (Å²) in [7, 11) is 0. The van der Waals surface area contributed by atoms with Crippen LogP contribution in [0.15, 0.2) is 23.1 Å². The topological polar surface area (TPSA) is 103 Å². The first-order valence-corrected chi connectivity index (χ1v) is 8.13. The van der Waals surface area contributed by atoms with Crippen molar-refractivity contribution in [1.82, 2.24) is 25.4 Å². The van der Waals surface area contributed by atoms with Gasteiger partial charge in [-0.3, -0.25) is 9.78 Å². The molecule has 1 atom stereocenters. The average Bonchev–Trinajstić information content (AvgIpc) is 3.11. The minimum absolute atomic E-state index is 0.161. The molecule has 128 valence electrons. The van der Waals surface area contributed by atoms with Crippen LogP contribution in [-0.4, -0.2) is 39.2 Å². The summed E-state index contributed by atoms with van der Waals surface area (Å²) in [4.78, 5) is 24.9. The molecule has 3 heterocycles. The van der Waals surface area contributed by atoms with Crippen LogP contribution in [0.2, 0.25) is 0 Å². The highest BCUT2D eigenvalue weighted by Crippen LogP contribution is 2.30. The zero-order chi connectivity index (χ0) is 16.9. The quantitative estimate of drug-likeness (QED) is 0.892. The number of nitrogens with zero attached hydrogens (tertiary/aromatic N) is 4. The molecule has 8 heteroatoms. The molecule has 1 fully saturated rings. The molecule has 1 N–H and O–H groups in total. The summed E-state index contributed by atoms with van der Waals surface area (Å²) >= 11 is 0. The van der Waals surface area contributed by atoms with E-state index in [-0.39, 0.29) is 29.5 Å². The number of aromatic nitrogens is 4. The Hall–Kier alpha value is -2.35. The van der Waals surface area contributed by atoms with E-state index in [1.807, 2.05) is 13.8 Å². The number of hydrogen-bond acceptors (Lipinski definition) is 7. The van der Waals surface area contributed by atoms with Gasteiger partial charge in [0, 0.05) is 31.5 Å². The van der Waals surface area contributed by atoms with Crippen molar-refractivity contribution >= 4 is 5.91 Å². The zero-order valence-electron chi connectivity index (χ0n) is 13.8. The van der Waals surface area contributed by atoms with Crippen LogP contribution in [0.1, 0.15) is 60.9 Å². The average molecular weight is 331 g/mol. The normalized spacial score (nSPS) is 17.0. The molecule has 0 aromatic carbocycles. The maximum Gasteiger partial charge on any atom is 0.272 e. The Kier molecular flexibility index (Phi) is 5.14. The summed E-state index contributed by atoms with van der Waals surface area (Å²) in [6.07, 6.45) is 6.10. The van der Waals surface area contributed by atoms with Crippen molar-refractivity contribution < 1.29 is 14.1 Å². The van der Waals surface area contributed by atoms with Gasteiger partial charge in [-0.25, -0.2) is 4.98 Å². The van der Waals surface area contributed by atoms with Crippen molar-refractivity contribution in [2.45, 2.75) is 38.6 Å². The van der Waals surface area contributed by atoms with E-state index in [1.165, 1.54) is 18.6 Å². The molecule has 0 spiro atoms. The first-order valence-electron chi connectivity index (χ1n) is 8.13. The van der Waals surface area contributed by atoms with Gasteiger partial charge in [0.15, 0.2) is 5.82 Å². The molecule has 1 saturated heterocycles. The van der Waals surface area contributed by atoms with Crippen LogP contribution in [0.4, 0.5) is 0 Å². The number of nitrogens with one attached hydrogen (secondary N) is 1. The van der Waals surface area contributed by atoms with Gasteiger partial charge in [-0.2, -0.15) is 4.98 Å². The number of amides is 1. The Morgan fingerprint density at radius 1 is 1.29 bits per heavy atom. The van der Waals surface area contributed by atoms with Gasteiger partial charge in [0.1, 0.15) is 11.7 Å². The van der Waals surface area contributed by atoms with E-state index in [0.717, 1.165) is 12.8 Å². The number of ether oxygens (including phenoxy) is 1. The zero-order valence-corrected chi connectivity index (χ0v) is 13.8. The van der Waals surface area contributed by atoms with Gasteiger partial charge in [-0.05, 0) is 18.8 Å². The Morgan fingerprint density at radius 3 is 2.71 bits per heavy atom. The molecule has 0 saturated carbocycles. The lowest BCUT2D eigenvalue weighted by atomic mass is 9.91. The van der Waals surface area contributed by atoms with Crippen LogP contribution < -0.4 is 5.32 Å². The third-order valence-electron chi connectivity index (χ3n) is 4.06. The lowest BCUT2D eigenvalue weighted by molar-refractivity contribution is 0.0467. The van der Waals surface area contributed by atoms with Gasteiger partial charge in [0.25, 0.3) is 5.91 Å². The van der Waals surface area contributed by atoms with Crippen LogP contribution in [0, 0.1) is 5.92 Å². The fraction of sp³-hybridized carbons (Fsp3) is 0.562. The molecule has 3 rings (SSSR count). The molecular weight excluding hydrogens is 310 g/mol. The monoisotopic (exact) mass is 331 g/mol. The molecule has 2 aromatic heterocycles. The minimum atomic E-state index is -0.358. The first-order chi connectivity index (χ1) is 11.6. The van der Waals surface area contributed by atoms with Gasteiger partial charge in [-0.15, -0.1) is 0 Å². The fourth-order valence-electron chi connectivity index (χ4n) is 2.67. The lowest BCUT2D eigenvalue weighted by Gasteiger charge is -2.28. The predicted molar refractivity (Wildman–Crippen MR) is 84.2 cm³/mol. The number of hydrogen-bond donors (Lipinski definition) is 1. The summed E-state index contributed by atoms with van der Waals surface area (Å²) < 4.78 is 10.8. The predicted octanol–water partition coefficient (Wildman–Crippen LogP) is 1.88. The second-order valence-corrected chi connectivity index (χ2v) is 6.14. The third kappa shape index (κ3) is 3.76. The highest BCUT2D eigenvalue weighted by atomic mass is 16.5. The van der Waals surface area contributed by atoms with E-state index in [0.29, 0.717) is 24.9 Å². The van der Waals surface area contributed by atoms with E-state index in [9.17, 15) is 4.79 Å². The van der Waals surface area contributed by atoms with Crippen molar-refractivity contribution in [3.63, 3.8) is 0 Å². The van der Waals surface area contributed by atoms with Gasteiger partial charge in [-0.1, -0.05) is 19.0 Å². The summed E-state index contributed by atoms with van der Waals surface area (Å²) in [5, 5.41) is 6.99. The van der Waals surface area contributed by atoms with Crippen molar-refractivity contribution in [1.29, 1.82) is 0 Å². The Morgan fingerprint density at radius 2 is 2.08 bits per heavy atom. The van der Waals surface area contributed by atoms with Crippen molar-refractivity contribution in [2.75, 3.05) is 13.2 Å². The molecule has 2 aromatic rings. The van der Waals surface area contributed by atoms with Crippen LogP contribution in [0.25, 0.3) is 0 Å². The first kappa shape index (κ1) is 16.5. The Labute approximate surface area is 140 Å². The van der Waals surface area contributed by atoms with E-state index < -0.39 is 0 Å². The highest BCUT2D eigenvalue weighted by molar-refractivity contribution is 5.92. The highest BCUT2D eigenvalue weighted by Gasteiger charge is 2.32. The molecule has 0 unspecified atom stereocenters. The molecule has 0 bridgehead atoms. The fourth-order valence-corrected chi connectivity index (χ4v) is 2.67. The second-order valence-electron chi connectivity index (χ2n) is 6.14. The summed E-state index contributed by atoms with van der Waals surface area (Å²) in [5.41, 5.74) is 0.262. The second kappa shape index (κ2) is 7.48. The van der Waals surface area contributed by atoms with Crippen LogP contribution in [-0.2, 0) is 4.74 Å². The van der Waals surface area contributed by atoms with Gasteiger partial charge < -0.3 is 14.6 Å². The molecule has 8 nitrogen and oxygen atoms in total. The number of rotatable bonds is 5. The minimum Gasteiger partial charge on any atom is -0.381 e. The number of carbonyl (C=O) groups is 1. The molecule has 0 radical (unpaired) electrons. The third-order valence-corrected chi connectivity index (χ3v) is 4.06. The smallest absolute Gasteiger partial charge is 0.272 e. The van der Waals surface area contributed by atoms with E-state index in [1.54, 1.807) is 0 Å². The van der Waals surface area contributed by atoms with E-state index in [4.69, 9.17) is 9.26 Å². The van der Waals surface area contributed by atoms with Crippen LogP contribution in [0.5, 0.6) is 0 Å². The molecule has 1 aliphatic rings. The van der Waals surface area contributed by atoms with Gasteiger partial charge in [0.2, 0.25) is 5.89 Å². The molecule has 24 heavy (non-hydrogen) atoms.